The fourth-order valence-corrected chi connectivity index (χ4v) is 1.34. The Hall–Kier alpha value is -0.570. The molecule has 12 heavy (non-hydrogen) atoms. The van der Waals surface area contributed by atoms with Crippen LogP contribution in [-0.4, -0.2) is 43.1 Å². The Morgan fingerprint density at radius 2 is 1.92 bits per heavy atom. The van der Waals surface area contributed by atoms with E-state index in [-0.39, 0.29) is 0 Å². The number of hydrogen-bond acceptors (Lipinski definition) is 2. The highest BCUT2D eigenvalue weighted by molar-refractivity contribution is 5.79. The third-order valence-corrected chi connectivity index (χ3v) is 1.91. The minimum Gasteiger partial charge on any atom is -0.378 e. The summed E-state index contributed by atoms with van der Waals surface area (Å²) in [5, 5.41) is 0. The third-order valence-electron chi connectivity index (χ3n) is 1.91. The lowest BCUT2D eigenvalue weighted by Crippen LogP contribution is -2.39. The van der Waals surface area contributed by atoms with Gasteiger partial charge in [0.2, 0.25) is 0 Å². The lowest BCUT2D eigenvalue weighted by molar-refractivity contribution is 0.0676. The average Bonchev–Trinajstić information content (AvgIpc) is 2.05. The maximum atomic E-state index is 5.26. The molecule has 0 bridgehead atoms. The molecule has 3 heteroatoms. The summed E-state index contributed by atoms with van der Waals surface area (Å²) >= 11 is 0. The molecule has 0 aromatic heterocycles. The summed E-state index contributed by atoms with van der Waals surface area (Å²) in [4.78, 5) is 6.77. The van der Waals surface area contributed by atoms with Gasteiger partial charge in [-0.2, -0.15) is 0 Å². The molecule has 0 aromatic carbocycles. The molecule has 0 radical (unpaired) electrons. The van der Waals surface area contributed by atoms with Crippen LogP contribution in [0.2, 0.25) is 0 Å². The second-order valence-corrected chi connectivity index (χ2v) is 3.37. The van der Waals surface area contributed by atoms with Crippen LogP contribution in [0.15, 0.2) is 4.99 Å². The molecule has 70 valence electrons. The highest BCUT2D eigenvalue weighted by atomic mass is 16.5. The van der Waals surface area contributed by atoms with Crippen LogP contribution in [0.5, 0.6) is 0 Å². The number of morpholine rings is 1. The van der Waals surface area contributed by atoms with Gasteiger partial charge in [-0.05, 0) is 20.8 Å². The molecule has 1 fully saturated rings. The lowest BCUT2D eigenvalue weighted by atomic mass is 10.4. The summed E-state index contributed by atoms with van der Waals surface area (Å²) in [5.41, 5.74) is 0. The predicted octanol–water partition coefficient (Wildman–Crippen LogP) is 1.15. The van der Waals surface area contributed by atoms with Crippen molar-refractivity contribution in [3.63, 3.8) is 0 Å². The second-order valence-electron chi connectivity index (χ2n) is 3.37. The van der Waals surface area contributed by atoms with E-state index >= 15 is 0 Å². The summed E-state index contributed by atoms with van der Waals surface area (Å²) in [7, 11) is 0. The van der Waals surface area contributed by atoms with E-state index in [4.69, 9.17) is 4.74 Å². The molecule has 0 atom stereocenters. The van der Waals surface area contributed by atoms with Gasteiger partial charge in [-0.15, -0.1) is 0 Å². The van der Waals surface area contributed by atoms with Crippen molar-refractivity contribution in [3.8, 4) is 0 Å². The molecule has 0 saturated carbocycles. The monoisotopic (exact) mass is 170 g/mol. The summed E-state index contributed by atoms with van der Waals surface area (Å²) < 4.78 is 5.26. The van der Waals surface area contributed by atoms with Crippen LogP contribution in [0.4, 0.5) is 0 Å². The first-order chi connectivity index (χ1) is 5.70. The maximum absolute atomic E-state index is 5.26. The van der Waals surface area contributed by atoms with Gasteiger partial charge in [0, 0.05) is 19.1 Å². The van der Waals surface area contributed by atoms with Gasteiger partial charge >= 0.3 is 0 Å². The van der Waals surface area contributed by atoms with Gasteiger partial charge in [-0.25, -0.2) is 0 Å². The molecular weight excluding hydrogens is 152 g/mol. The number of ether oxygens (including phenoxy) is 1. The zero-order chi connectivity index (χ0) is 8.97. The van der Waals surface area contributed by atoms with Crippen LogP contribution >= 0.6 is 0 Å². The van der Waals surface area contributed by atoms with Gasteiger partial charge in [0.05, 0.1) is 19.0 Å². The van der Waals surface area contributed by atoms with E-state index in [1.165, 1.54) is 0 Å². The largest absolute Gasteiger partial charge is 0.378 e. The summed E-state index contributed by atoms with van der Waals surface area (Å²) in [6.45, 7) is 9.93. The van der Waals surface area contributed by atoms with Crippen LogP contribution in [0.3, 0.4) is 0 Å². The fourth-order valence-electron chi connectivity index (χ4n) is 1.34. The van der Waals surface area contributed by atoms with Crippen LogP contribution in [0.1, 0.15) is 20.8 Å². The molecule has 1 saturated heterocycles. The number of rotatable bonds is 1. The van der Waals surface area contributed by atoms with Gasteiger partial charge in [-0.1, -0.05) is 0 Å². The van der Waals surface area contributed by atoms with E-state index in [0.717, 1.165) is 32.1 Å². The molecule has 1 aliphatic rings. The molecule has 3 nitrogen and oxygen atoms in total. The number of hydrogen-bond donors (Lipinski definition) is 0. The van der Waals surface area contributed by atoms with Crippen molar-refractivity contribution in [2.45, 2.75) is 26.8 Å². The SMILES string of the molecule is CC(=NC(C)C)N1CCOCC1. The molecule has 1 rings (SSSR count). The van der Waals surface area contributed by atoms with Crippen molar-refractivity contribution in [3.05, 3.63) is 0 Å². The molecule has 1 aliphatic heterocycles. The molecule has 0 unspecified atom stereocenters. The van der Waals surface area contributed by atoms with Crippen molar-refractivity contribution in [2.24, 2.45) is 4.99 Å². The normalized spacial score (nSPS) is 20.3. The van der Waals surface area contributed by atoms with Crippen LogP contribution in [0, 0.1) is 0 Å². The van der Waals surface area contributed by atoms with Crippen LogP contribution in [-0.2, 0) is 4.74 Å². The first kappa shape index (κ1) is 9.52. The Morgan fingerprint density at radius 3 is 2.42 bits per heavy atom. The molecule has 1 heterocycles. The first-order valence-electron chi connectivity index (χ1n) is 4.57. The quantitative estimate of drug-likeness (QED) is 0.435. The first-order valence-corrected chi connectivity index (χ1v) is 4.57. The second kappa shape index (κ2) is 4.45. The highest BCUT2D eigenvalue weighted by Crippen LogP contribution is 2.00. The van der Waals surface area contributed by atoms with Gasteiger partial charge < -0.3 is 9.64 Å². The van der Waals surface area contributed by atoms with E-state index in [1.54, 1.807) is 0 Å². The summed E-state index contributed by atoms with van der Waals surface area (Å²) in [5.74, 6) is 1.15. The Bertz CT molecular complexity index is 160. The minimum atomic E-state index is 0.396. The minimum absolute atomic E-state index is 0.396. The molecule has 0 spiro atoms. The average molecular weight is 170 g/mol. The van der Waals surface area contributed by atoms with Crippen molar-refractivity contribution in [2.75, 3.05) is 26.3 Å². The Kier molecular flexibility index (Phi) is 3.53. The van der Waals surface area contributed by atoms with E-state index in [1.807, 2.05) is 0 Å². The fraction of sp³-hybridized carbons (Fsp3) is 0.889. The number of aliphatic imine (C=N–C) groups is 1. The molecule has 0 aromatic rings. The standard InChI is InChI=1S/C9H18N2O/c1-8(2)10-9(3)11-4-6-12-7-5-11/h8H,4-7H2,1-3H3. The molecular formula is C9H18N2O. The van der Waals surface area contributed by atoms with E-state index in [2.05, 4.69) is 30.7 Å². The van der Waals surface area contributed by atoms with Gasteiger partial charge in [0.15, 0.2) is 0 Å². The Balaban J connectivity index is 2.44. The number of amidine groups is 1. The van der Waals surface area contributed by atoms with E-state index < -0.39 is 0 Å². The summed E-state index contributed by atoms with van der Waals surface area (Å²) in [6.07, 6.45) is 0. The van der Waals surface area contributed by atoms with Crippen molar-refractivity contribution < 1.29 is 4.74 Å². The van der Waals surface area contributed by atoms with Gasteiger partial charge in [0.1, 0.15) is 0 Å². The lowest BCUT2D eigenvalue weighted by Gasteiger charge is -2.28. The van der Waals surface area contributed by atoms with Gasteiger partial charge in [-0.3, -0.25) is 4.99 Å². The van der Waals surface area contributed by atoms with Crippen molar-refractivity contribution >= 4 is 5.84 Å². The molecule has 0 amide bonds. The highest BCUT2D eigenvalue weighted by Gasteiger charge is 2.11. The van der Waals surface area contributed by atoms with Crippen molar-refractivity contribution in [1.82, 2.24) is 4.90 Å². The van der Waals surface area contributed by atoms with E-state index in [0.29, 0.717) is 6.04 Å². The summed E-state index contributed by atoms with van der Waals surface area (Å²) in [6, 6.07) is 0.396. The van der Waals surface area contributed by atoms with Crippen LogP contribution in [0.25, 0.3) is 0 Å². The maximum Gasteiger partial charge on any atom is 0.0962 e. The smallest absolute Gasteiger partial charge is 0.0962 e. The predicted molar refractivity (Wildman–Crippen MR) is 50.6 cm³/mol. The van der Waals surface area contributed by atoms with Crippen LogP contribution < -0.4 is 0 Å². The zero-order valence-electron chi connectivity index (χ0n) is 8.21. The topological polar surface area (TPSA) is 24.8 Å². The number of nitrogens with zero attached hydrogens (tertiary/aromatic N) is 2. The molecule has 0 aliphatic carbocycles. The Morgan fingerprint density at radius 1 is 1.33 bits per heavy atom. The third kappa shape index (κ3) is 2.81. The Labute approximate surface area is 74.4 Å². The zero-order valence-corrected chi connectivity index (χ0v) is 8.21. The van der Waals surface area contributed by atoms with E-state index in [9.17, 15) is 0 Å². The molecule has 0 N–H and O–H groups in total. The van der Waals surface area contributed by atoms with Crippen molar-refractivity contribution in [1.29, 1.82) is 0 Å². The van der Waals surface area contributed by atoms with Gasteiger partial charge in [0.25, 0.3) is 0 Å².